The zero-order chi connectivity index (χ0) is 25.9. The van der Waals surface area contributed by atoms with E-state index in [-0.39, 0.29) is 35.5 Å². The van der Waals surface area contributed by atoms with Gasteiger partial charge in [-0.1, -0.05) is 34.6 Å². The summed E-state index contributed by atoms with van der Waals surface area (Å²) in [7, 11) is 0. The summed E-state index contributed by atoms with van der Waals surface area (Å²) in [6, 6.07) is 0. The van der Waals surface area contributed by atoms with Crippen LogP contribution in [-0.2, 0) is 0 Å². The van der Waals surface area contributed by atoms with E-state index in [1.807, 2.05) is 20.8 Å². The van der Waals surface area contributed by atoms with Crippen LogP contribution < -0.4 is 0 Å². The highest BCUT2D eigenvalue weighted by molar-refractivity contribution is 5.20. The van der Waals surface area contributed by atoms with Crippen LogP contribution in [0.4, 0.5) is 0 Å². The van der Waals surface area contributed by atoms with Crippen molar-refractivity contribution in [2.45, 2.75) is 129 Å². The quantitative estimate of drug-likeness (QED) is 0.406. The van der Waals surface area contributed by atoms with Crippen molar-refractivity contribution in [1.29, 1.82) is 0 Å². The smallest absolute Gasteiger partial charge is 0.101 e. The summed E-state index contributed by atoms with van der Waals surface area (Å²) in [6.45, 7) is 15.4. The van der Waals surface area contributed by atoms with Crippen molar-refractivity contribution in [1.82, 2.24) is 0 Å². The molecule has 35 heavy (non-hydrogen) atoms. The summed E-state index contributed by atoms with van der Waals surface area (Å²) >= 11 is 0. The van der Waals surface area contributed by atoms with Gasteiger partial charge in [0.25, 0.3) is 0 Å². The van der Waals surface area contributed by atoms with Gasteiger partial charge in [-0.25, -0.2) is 0 Å². The third kappa shape index (κ3) is 3.43. The third-order valence-corrected chi connectivity index (χ3v) is 13.7. The van der Waals surface area contributed by atoms with Gasteiger partial charge >= 0.3 is 0 Å². The van der Waals surface area contributed by atoms with Gasteiger partial charge in [-0.05, 0) is 111 Å². The molecule has 14 atom stereocenters. The van der Waals surface area contributed by atoms with Gasteiger partial charge in [-0.2, -0.15) is 0 Å². The molecule has 202 valence electrons. The van der Waals surface area contributed by atoms with Gasteiger partial charge in [-0.3, -0.25) is 0 Å². The molecule has 0 unspecified atom stereocenters. The lowest BCUT2D eigenvalue weighted by Gasteiger charge is -2.66. The fourth-order valence-corrected chi connectivity index (χ4v) is 11.0. The van der Waals surface area contributed by atoms with Gasteiger partial charge in [0.2, 0.25) is 0 Å². The molecule has 0 spiro atoms. The molecule has 5 nitrogen and oxygen atoms in total. The molecule has 0 aromatic heterocycles. The van der Waals surface area contributed by atoms with E-state index in [9.17, 15) is 25.5 Å². The molecule has 0 aromatic carbocycles. The summed E-state index contributed by atoms with van der Waals surface area (Å²) in [4.78, 5) is 0. The van der Waals surface area contributed by atoms with Crippen LogP contribution in [0.1, 0.15) is 99.8 Å². The molecule has 0 heterocycles. The van der Waals surface area contributed by atoms with Crippen molar-refractivity contribution >= 4 is 0 Å². The summed E-state index contributed by atoms with van der Waals surface area (Å²) in [5.74, 6) is 3.12. The fourth-order valence-electron chi connectivity index (χ4n) is 11.0. The predicted octanol–water partition coefficient (Wildman–Crippen LogP) is 4.13. The lowest BCUT2D eigenvalue weighted by Crippen LogP contribution is -2.72. The number of aliphatic hydroxyl groups excluding tert-OH is 3. The molecular formula is C30H52O5. The Hall–Kier alpha value is -0.200. The van der Waals surface area contributed by atoms with Crippen molar-refractivity contribution < 1.29 is 25.5 Å². The highest BCUT2D eigenvalue weighted by Crippen LogP contribution is 2.72. The second-order valence-corrected chi connectivity index (χ2v) is 15.2. The molecule has 0 radical (unpaired) electrons. The first-order valence-corrected chi connectivity index (χ1v) is 14.5. The lowest BCUT2D eigenvalue weighted by molar-refractivity contribution is -0.295. The Bertz CT molecular complexity index is 839. The minimum absolute atomic E-state index is 0.159. The molecule has 5 rings (SSSR count). The number of fused-ring (bicyclic) bond motifs is 5. The Balaban J connectivity index is 1.39. The van der Waals surface area contributed by atoms with Crippen molar-refractivity contribution in [3.63, 3.8) is 0 Å². The van der Waals surface area contributed by atoms with Crippen LogP contribution in [0.3, 0.4) is 0 Å². The largest absolute Gasteiger partial charge is 0.393 e. The zero-order valence-electron chi connectivity index (χ0n) is 23.2. The second kappa shape index (κ2) is 7.91. The van der Waals surface area contributed by atoms with Crippen LogP contribution in [-0.4, -0.2) is 55.0 Å². The normalized spacial score (nSPS) is 57.6. The Morgan fingerprint density at radius 2 is 1.49 bits per heavy atom. The van der Waals surface area contributed by atoms with Crippen LogP contribution >= 0.6 is 0 Å². The van der Waals surface area contributed by atoms with E-state index in [4.69, 9.17) is 0 Å². The summed E-state index contributed by atoms with van der Waals surface area (Å²) in [5, 5.41) is 55.3. The maximum absolute atomic E-state index is 11.7. The SMILES string of the molecule is C[C@@H]([C@H]1CC[C@H]2[C@@H]3C[C@@H](O)[C@@]4(O)C[C@@H](O)C[C@H](O)[C@]4(C)[C@H]3CC[C@]12C)[C@H]1C[C@@]1(C)[C@@H](C)C(C)(C)O. The van der Waals surface area contributed by atoms with E-state index in [2.05, 4.69) is 27.7 Å². The molecule has 5 heteroatoms. The molecule has 0 aliphatic heterocycles. The summed E-state index contributed by atoms with van der Waals surface area (Å²) in [5.41, 5.74) is -2.46. The highest BCUT2D eigenvalue weighted by atomic mass is 16.4. The maximum Gasteiger partial charge on any atom is 0.101 e. The monoisotopic (exact) mass is 492 g/mol. The fraction of sp³-hybridized carbons (Fsp3) is 1.00. The van der Waals surface area contributed by atoms with E-state index in [0.717, 1.165) is 19.3 Å². The maximum atomic E-state index is 11.7. The van der Waals surface area contributed by atoms with Crippen LogP contribution in [0.25, 0.3) is 0 Å². The highest BCUT2D eigenvalue weighted by Gasteiger charge is 2.71. The molecule has 0 saturated heterocycles. The Morgan fingerprint density at radius 3 is 2.11 bits per heavy atom. The Morgan fingerprint density at radius 1 is 0.829 bits per heavy atom. The van der Waals surface area contributed by atoms with Crippen molar-refractivity contribution in [3.05, 3.63) is 0 Å². The molecule has 0 amide bonds. The van der Waals surface area contributed by atoms with Gasteiger partial charge in [0, 0.05) is 11.8 Å². The van der Waals surface area contributed by atoms with Gasteiger partial charge in [-0.15, -0.1) is 0 Å². The number of hydrogen-bond donors (Lipinski definition) is 5. The third-order valence-electron chi connectivity index (χ3n) is 13.7. The zero-order valence-corrected chi connectivity index (χ0v) is 23.2. The standard InChI is InChI=1S/C30H52O5/c1-16(23-15-28(23,6)17(2)26(3,4)34)20-8-9-21-19-13-25(33)30(35)14-18(31)12-24(32)29(30,7)22(19)10-11-27(20,21)5/h16-25,31-35H,8-15H2,1-7H3/t16-,17-,18-,19-,20+,21-,22-,23+,24-,25+,27+,28-,29-,30-/m0/s1. The molecule has 0 bridgehead atoms. The molecule has 5 aliphatic rings. The van der Waals surface area contributed by atoms with Gasteiger partial charge in [0.05, 0.1) is 23.9 Å². The van der Waals surface area contributed by atoms with Crippen molar-refractivity contribution in [2.24, 2.45) is 57.7 Å². The first kappa shape index (κ1) is 26.4. The van der Waals surface area contributed by atoms with Gasteiger partial charge < -0.3 is 25.5 Å². The van der Waals surface area contributed by atoms with E-state index in [1.54, 1.807) is 0 Å². The van der Waals surface area contributed by atoms with Crippen LogP contribution in [0.2, 0.25) is 0 Å². The lowest BCUT2D eigenvalue weighted by atomic mass is 9.41. The van der Waals surface area contributed by atoms with Crippen LogP contribution in [0.5, 0.6) is 0 Å². The summed E-state index contributed by atoms with van der Waals surface area (Å²) < 4.78 is 0. The van der Waals surface area contributed by atoms with E-state index in [0.29, 0.717) is 36.0 Å². The average Bonchev–Trinajstić information content (AvgIpc) is 3.31. The van der Waals surface area contributed by atoms with Crippen LogP contribution in [0.15, 0.2) is 0 Å². The Kier molecular flexibility index (Phi) is 5.97. The first-order chi connectivity index (χ1) is 16.0. The van der Waals surface area contributed by atoms with E-state index < -0.39 is 34.9 Å². The summed E-state index contributed by atoms with van der Waals surface area (Å²) in [6.07, 6.45) is 4.21. The predicted molar refractivity (Wildman–Crippen MR) is 136 cm³/mol. The molecule has 5 saturated carbocycles. The van der Waals surface area contributed by atoms with E-state index >= 15 is 0 Å². The minimum Gasteiger partial charge on any atom is -0.393 e. The van der Waals surface area contributed by atoms with Crippen molar-refractivity contribution in [2.75, 3.05) is 0 Å². The molecule has 0 aromatic rings. The van der Waals surface area contributed by atoms with Gasteiger partial charge in [0.1, 0.15) is 5.60 Å². The number of aliphatic hydroxyl groups is 5. The second-order valence-electron chi connectivity index (χ2n) is 15.2. The van der Waals surface area contributed by atoms with Crippen molar-refractivity contribution in [3.8, 4) is 0 Å². The molecule has 5 aliphatic carbocycles. The molecule has 5 N–H and O–H groups in total. The number of hydrogen-bond acceptors (Lipinski definition) is 5. The molecular weight excluding hydrogens is 440 g/mol. The first-order valence-electron chi connectivity index (χ1n) is 14.5. The molecule has 5 fully saturated rings. The Labute approximate surface area is 212 Å². The number of rotatable bonds is 4. The van der Waals surface area contributed by atoms with Gasteiger partial charge in [0.15, 0.2) is 0 Å². The average molecular weight is 493 g/mol. The topological polar surface area (TPSA) is 101 Å². The minimum atomic E-state index is -1.42. The van der Waals surface area contributed by atoms with Crippen LogP contribution in [0, 0.1) is 57.7 Å². The van der Waals surface area contributed by atoms with E-state index in [1.165, 1.54) is 12.8 Å².